The predicted octanol–water partition coefficient (Wildman–Crippen LogP) is 3.62. The molecule has 14 nitrogen and oxygen atoms in total. The van der Waals surface area contributed by atoms with E-state index in [4.69, 9.17) is 9.47 Å². The van der Waals surface area contributed by atoms with Crippen LogP contribution in [0.2, 0.25) is 0 Å². The lowest BCUT2D eigenvalue weighted by Gasteiger charge is -2.26. The number of allylic oxidation sites excluding steroid dienone is 2. The summed E-state index contributed by atoms with van der Waals surface area (Å²) >= 11 is 0. The Morgan fingerprint density at radius 2 is 1.74 bits per heavy atom. The maximum atomic E-state index is 16.2. The van der Waals surface area contributed by atoms with Crippen molar-refractivity contribution in [2.75, 3.05) is 19.7 Å². The van der Waals surface area contributed by atoms with Gasteiger partial charge in [0.15, 0.2) is 5.69 Å². The molecule has 2 aromatic rings. The normalized spacial score (nSPS) is 30.7. The van der Waals surface area contributed by atoms with Gasteiger partial charge in [-0.05, 0) is 56.7 Å². The minimum atomic E-state index is -3.96. The first-order chi connectivity index (χ1) is 25.6. The first-order valence-electron chi connectivity index (χ1n) is 18.4. The molecule has 1 aromatic carbocycles. The summed E-state index contributed by atoms with van der Waals surface area (Å²) in [6.45, 7) is 2.41. The highest BCUT2D eigenvalue weighted by molar-refractivity contribution is 7.91. The number of nitrogens with zero attached hydrogens (tertiary/aromatic N) is 3. The van der Waals surface area contributed by atoms with Gasteiger partial charge >= 0.3 is 12.0 Å². The molecule has 17 heteroatoms. The second-order valence-corrected chi connectivity index (χ2v) is 17.6. The van der Waals surface area contributed by atoms with Crippen LogP contribution in [-0.4, -0.2) is 89.7 Å². The number of fused-ring (bicyclic) bond motifs is 7. The molecular formula is C37H44F2N6O8S. The number of alkyl halides is 2. The standard InChI is InChI=1S/C37H44F2N6O8S/c1-35(2)16-17-37(38,39)29-31(41-26-12-9-8-11-25(26)40-29)53-28-20-45-19-24(28)30(46)43-36(33(48)44-54(50,51)23-14-15-23)18-22(36)10-6-4-3-5-7-13-27(32(45)47)42-34(49)52-21-35/h6,8-12,16-17,22-24,27-28H,3-5,7,13-15,18-21H2,1-2H3,(H,42,49)(H,43,46)(H,44,48)/b10-6+,17-16?/t22-,24?,27+,28+,36+/m1/s1. The molecule has 0 spiro atoms. The number of nitrogens with one attached hydrogen (secondary N) is 3. The number of halogens is 2. The fraction of sp³-hybridized carbons (Fsp3) is 0.568. The number of benzene rings is 1. The molecule has 0 radical (unpaired) electrons. The van der Waals surface area contributed by atoms with Gasteiger partial charge in [-0.2, -0.15) is 8.78 Å². The number of hydrogen-bond acceptors (Lipinski definition) is 10. The van der Waals surface area contributed by atoms with E-state index in [9.17, 15) is 27.6 Å². The molecule has 1 unspecified atom stereocenters. The average Bonchev–Trinajstić information content (AvgIpc) is 4.05. The molecule has 4 heterocycles. The molecule has 2 saturated carbocycles. The smallest absolute Gasteiger partial charge is 0.407 e. The fourth-order valence-electron chi connectivity index (χ4n) is 7.15. The number of carbonyl (C=O) groups excluding carboxylic acids is 4. The molecule has 2 aliphatic carbocycles. The largest absolute Gasteiger partial charge is 0.470 e. The number of amides is 4. The first-order valence-corrected chi connectivity index (χ1v) is 19.9. The van der Waals surface area contributed by atoms with Crippen molar-refractivity contribution in [2.45, 2.75) is 94.1 Å². The van der Waals surface area contributed by atoms with E-state index in [1.54, 1.807) is 38.1 Å². The topological polar surface area (TPSA) is 186 Å². The fourth-order valence-corrected chi connectivity index (χ4v) is 8.51. The summed E-state index contributed by atoms with van der Waals surface area (Å²) in [6, 6.07) is 5.35. The quantitative estimate of drug-likeness (QED) is 0.390. The van der Waals surface area contributed by atoms with Crippen LogP contribution in [0.4, 0.5) is 13.6 Å². The van der Waals surface area contributed by atoms with Crippen LogP contribution in [0, 0.1) is 17.3 Å². The van der Waals surface area contributed by atoms with E-state index < -0.39 is 91.5 Å². The minimum Gasteiger partial charge on any atom is -0.470 e. The molecule has 4 bridgehead atoms. The summed E-state index contributed by atoms with van der Waals surface area (Å²) in [6.07, 6.45) is 7.25. The van der Waals surface area contributed by atoms with E-state index in [1.807, 2.05) is 6.08 Å². The van der Waals surface area contributed by atoms with Crippen LogP contribution in [0.3, 0.4) is 0 Å². The Balaban J connectivity index is 1.30. The zero-order chi connectivity index (χ0) is 38.5. The van der Waals surface area contributed by atoms with Crippen molar-refractivity contribution in [3.8, 4) is 5.88 Å². The molecule has 54 heavy (non-hydrogen) atoms. The summed E-state index contributed by atoms with van der Waals surface area (Å²) in [5, 5.41) is 4.75. The molecule has 1 aromatic heterocycles. The van der Waals surface area contributed by atoms with Gasteiger partial charge in [0.1, 0.15) is 24.3 Å². The molecule has 5 atom stereocenters. The Morgan fingerprint density at radius 3 is 2.48 bits per heavy atom. The number of para-hydroxylation sites is 2. The highest BCUT2D eigenvalue weighted by Crippen LogP contribution is 2.46. The van der Waals surface area contributed by atoms with Gasteiger partial charge in [0.05, 0.1) is 28.7 Å². The van der Waals surface area contributed by atoms with E-state index in [0.717, 1.165) is 6.42 Å². The van der Waals surface area contributed by atoms with Gasteiger partial charge in [0.2, 0.25) is 27.7 Å². The zero-order valence-electron chi connectivity index (χ0n) is 30.1. The Hall–Kier alpha value is -4.67. The van der Waals surface area contributed by atoms with Crippen LogP contribution in [0.15, 0.2) is 48.6 Å². The second-order valence-electron chi connectivity index (χ2n) is 15.6. The van der Waals surface area contributed by atoms with Crippen LogP contribution >= 0.6 is 0 Å². The van der Waals surface area contributed by atoms with Gasteiger partial charge in [0.25, 0.3) is 5.91 Å². The van der Waals surface area contributed by atoms with Crippen molar-refractivity contribution in [3.63, 3.8) is 0 Å². The molecule has 290 valence electrons. The monoisotopic (exact) mass is 770 g/mol. The Labute approximate surface area is 311 Å². The van der Waals surface area contributed by atoms with Gasteiger partial charge in [-0.25, -0.2) is 23.2 Å². The predicted molar refractivity (Wildman–Crippen MR) is 190 cm³/mol. The molecule has 3 N–H and O–H groups in total. The van der Waals surface area contributed by atoms with Gasteiger partial charge in [-0.15, -0.1) is 0 Å². The van der Waals surface area contributed by atoms with Crippen LogP contribution in [0.1, 0.15) is 70.9 Å². The number of cyclic esters (lactones) is 1. The third-order valence-corrected chi connectivity index (χ3v) is 12.5. The molecule has 4 amide bonds. The highest BCUT2D eigenvalue weighted by atomic mass is 32.2. The number of sulfonamides is 1. The Morgan fingerprint density at radius 1 is 1.00 bits per heavy atom. The Kier molecular flexibility index (Phi) is 9.89. The van der Waals surface area contributed by atoms with Gasteiger partial charge < -0.3 is 25.0 Å². The van der Waals surface area contributed by atoms with E-state index in [2.05, 4.69) is 25.3 Å². The molecule has 5 aliphatic rings. The van der Waals surface area contributed by atoms with Crippen LogP contribution in [-0.2, 0) is 35.1 Å². The summed E-state index contributed by atoms with van der Waals surface area (Å²) in [4.78, 5) is 65.3. The number of ether oxygens (including phenoxy) is 2. The number of rotatable bonds is 3. The van der Waals surface area contributed by atoms with Crippen LogP contribution in [0.5, 0.6) is 5.88 Å². The summed E-state index contributed by atoms with van der Waals surface area (Å²) in [5.74, 6) is -8.19. The lowest BCUT2D eigenvalue weighted by atomic mass is 9.93. The summed E-state index contributed by atoms with van der Waals surface area (Å²) in [5.41, 5.74) is -3.07. The van der Waals surface area contributed by atoms with Crippen LogP contribution in [0.25, 0.3) is 11.0 Å². The highest BCUT2D eigenvalue weighted by Gasteiger charge is 2.62. The number of alkyl carbamates (subject to hydrolysis) is 1. The van der Waals surface area contributed by atoms with Crippen LogP contribution < -0.4 is 20.1 Å². The number of hydrogen-bond donors (Lipinski definition) is 3. The van der Waals surface area contributed by atoms with Gasteiger partial charge in [-0.1, -0.05) is 57.0 Å². The van der Waals surface area contributed by atoms with E-state index >= 15 is 8.78 Å². The van der Waals surface area contributed by atoms with E-state index in [0.29, 0.717) is 38.2 Å². The van der Waals surface area contributed by atoms with Gasteiger partial charge in [-0.3, -0.25) is 19.1 Å². The van der Waals surface area contributed by atoms with Crippen molar-refractivity contribution < 1.29 is 45.9 Å². The lowest BCUT2D eigenvalue weighted by Crippen LogP contribution is -2.55. The molecule has 3 fully saturated rings. The average molecular weight is 771 g/mol. The summed E-state index contributed by atoms with van der Waals surface area (Å²) in [7, 11) is -3.96. The SMILES string of the molecule is CC1(C)C=CC(F)(F)c2nc3ccccc3nc2O[C@H]2CN3CC2C(=O)N[C@@]2(C(=O)NS(=O)(=O)C4CC4)C[C@H]2/C=C/CCCCC[C@H](NC(=O)OC1)C3=O. The maximum absolute atomic E-state index is 16.2. The third-order valence-electron chi connectivity index (χ3n) is 10.6. The molecule has 3 aliphatic heterocycles. The first kappa shape index (κ1) is 37.6. The number of carbonyl (C=O) groups is 4. The van der Waals surface area contributed by atoms with Crippen molar-refractivity contribution >= 4 is 44.9 Å². The van der Waals surface area contributed by atoms with Crippen molar-refractivity contribution in [2.24, 2.45) is 17.3 Å². The van der Waals surface area contributed by atoms with Crippen molar-refractivity contribution in [1.29, 1.82) is 0 Å². The Bertz CT molecular complexity index is 2020. The summed E-state index contributed by atoms with van der Waals surface area (Å²) < 4.78 is 71.9. The molecular weight excluding hydrogens is 727 g/mol. The second kappa shape index (κ2) is 14.2. The number of aromatic nitrogens is 2. The maximum Gasteiger partial charge on any atom is 0.407 e. The van der Waals surface area contributed by atoms with Crippen molar-refractivity contribution in [3.05, 3.63) is 54.3 Å². The molecule has 7 rings (SSSR count). The van der Waals surface area contributed by atoms with Crippen molar-refractivity contribution in [1.82, 2.24) is 30.2 Å². The van der Waals surface area contributed by atoms with E-state index in [1.165, 1.54) is 17.0 Å². The minimum absolute atomic E-state index is 0.130. The van der Waals surface area contributed by atoms with Gasteiger partial charge in [0, 0.05) is 17.9 Å². The van der Waals surface area contributed by atoms with E-state index in [-0.39, 0.29) is 43.6 Å². The molecule has 1 saturated heterocycles. The zero-order valence-corrected chi connectivity index (χ0v) is 30.9. The lowest BCUT2D eigenvalue weighted by molar-refractivity contribution is -0.134. The third kappa shape index (κ3) is 7.91.